The van der Waals surface area contributed by atoms with Crippen molar-refractivity contribution in [3.05, 3.63) is 88.5 Å². The Morgan fingerprint density at radius 1 is 0.765 bits per heavy atom. The van der Waals surface area contributed by atoms with E-state index in [0.717, 1.165) is 33.6 Å². The van der Waals surface area contributed by atoms with E-state index in [1.165, 1.54) is 11.8 Å². The molecule has 0 aliphatic rings. The molecule has 0 saturated carbocycles. The number of rotatable bonds is 8. The van der Waals surface area contributed by atoms with Crippen LogP contribution < -0.4 is 16.0 Å². The lowest BCUT2D eigenvalue weighted by molar-refractivity contribution is -0.115. The van der Waals surface area contributed by atoms with Crippen LogP contribution in [0.4, 0.5) is 11.4 Å². The number of carbonyl (C=O) groups is 3. The minimum Gasteiger partial charge on any atom is -0.343 e. The molecule has 3 aromatic rings. The number of hydrogen-bond acceptors (Lipinski definition) is 4. The zero-order valence-electron chi connectivity index (χ0n) is 19.8. The summed E-state index contributed by atoms with van der Waals surface area (Å²) in [4.78, 5) is 38.2. The van der Waals surface area contributed by atoms with Crippen LogP contribution in [-0.2, 0) is 9.59 Å². The molecule has 0 fully saturated rings. The van der Waals surface area contributed by atoms with Crippen molar-refractivity contribution in [2.75, 3.05) is 22.9 Å². The first-order valence-electron chi connectivity index (χ1n) is 11.0. The third-order valence-corrected chi connectivity index (χ3v) is 6.25. The highest BCUT2D eigenvalue weighted by atomic mass is 32.2. The van der Waals surface area contributed by atoms with Gasteiger partial charge in [-0.2, -0.15) is 0 Å². The van der Waals surface area contributed by atoms with Gasteiger partial charge >= 0.3 is 0 Å². The summed E-state index contributed by atoms with van der Waals surface area (Å²) in [6, 6.07) is 18.6. The molecule has 0 unspecified atom stereocenters. The number of anilines is 2. The first kappa shape index (κ1) is 25.1. The molecule has 3 amide bonds. The summed E-state index contributed by atoms with van der Waals surface area (Å²) in [7, 11) is 0. The number of aryl methyl sites for hydroxylation is 4. The topological polar surface area (TPSA) is 87.3 Å². The van der Waals surface area contributed by atoms with Crippen molar-refractivity contribution in [1.82, 2.24) is 5.32 Å². The van der Waals surface area contributed by atoms with Crippen LogP contribution >= 0.6 is 11.8 Å². The van der Waals surface area contributed by atoms with Gasteiger partial charge < -0.3 is 16.0 Å². The fourth-order valence-electron chi connectivity index (χ4n) is 3.57. The molecule has 0 aromatic heterocycles. The average Bonchev–Trinajstić information content (AvgIpc) is 2.80. The molecule has 3 aromatic carbocycles. The van der Waals surface area contributed by atoms with Gasteiger partial charge in [-0.3, -0.25) is 14.4 Å². The Bertz CT molecular complexity index is 1180. The van der Waals surface area contributed by atoms with Gasteiger partial charge in [0.25, 0.3) is 5.91 Å². The van der Waals surface area contributed by atoms with E-state index in [-0.39, 0.29) is 30.0 Å². The van der Waals surface area contributed by atoms with Crippen molar-refractivity contribution in [2.45, 2.75) is 32.6 Å². The standard InChI is InChI=1S/C27H29N3O3S/c1-17-9-11-21(12-10-17)29-25(32)16-34-23-8-6-5-7-22(23)27(33)28-15-24(31)30-26-19(3)13-18(2)14-20(26)4/h5-14H,15-16H2,1-4H3,(H,28,33)(H,29,32)(H,30,31). The van der Waals surface area contributed by atoms with Crippen LogP contribution in [0.5, 0.6) is 0 Å². The van der Waals surface area contributed by atoms with Crippen molar-refractivity contribution in [3.8, 4) is 0 Å². The lowest BCUT2D eigenvalue weighted by Crippen LogP contribution is -2.33. The first-order valence-corrected chi connectivity index (χ1v) is 12.0. The number of amides is 3. The van der Waals surface area contributed by atoms with Gasteiger partial charge in [-0.15, -0.1) is 11.8 Å². The normalized spacial score (nSPS) is 10.5. The van der Waals surface area contributed by atoms with Gasteiger partial charge in [-0.25, -0.2) is 0 Å². The predicted molar refractivity (Wildman–Crippen MR) is 139 cm³/mol. The van der Waals surface area contributed by atoms with Crippen LogP contribution in [0.1, 0.15) is 32.6 Å². The van der Waals surface area contributed by atoms with Crippen LogP contribution in [0.2, 0.25) is 0 Å². The van der Waals surface area contributed by atoms with Gasteiger partial charge in [0.2, 0.25) is 11.8 Å². The second-order valence-corrected chi connectivity index (χ2v) is 9.22. The van der Waals surface area contributed by atoms with E-state index in [1.807, 2.05) is 70.2 Å². The first-order chi connectivity index (χ1) is 16.2. The fourth-order valence-corrected chi connectivity index (χ4v) is 4.42. The van der Waals surface area contributed by atoms with E-state index in [4.69, 9.17) is 0 Å². The van der Waals surface area contributed by atoms with Crippen molar-refractivity contribution in [2.24, 2.45) is 0 Å². The van der Waals surface area contributed by atoms with Gasteiger partial charge in [0, 0.05) is 16.3 Å². The summed E-state index contributed by atoms with van der Waals surface area (Å²) in [5, 5.41) is 8.41. The zero-order chi connectivity index (χ0) is 24.7. The smallest absolute Gasteiger partial charge is 0.252 e. The number of thioether (sulfide) groups is 1. The zero-order valence-corrected chi connectivity index (χ0v) is 20.6. The highest BCUT2D eigenvalue weighted by Crippen LogP contribution is 2.24. The number of nitrogens with one attached hydrogen (secondary N) is 3. The summed E-state index contributed by atoms with van der Waals surface area (Å²) >= 11 is 1.27. The van der Waals surface area contributed by atoms with Gasteiger partial charge in [0.15, 0.2) is 0 Å². The molecular formula is C27H29N3O3S. The maximum Gasteiger partial charge on any atom is 0.252 e. The molecular weight excluding hydrogens is 446 g/mol. The monoisotopic (exact) mass is 475 g/mol. The molecule has 0 aliphatic carbocycles. The number of carbonyl (C=O) groups excluding carboxylic acids is 3. The Morgan fingerprint density at radius 2 is 1.41 bits per heavy atom. The van der Waals surface area contributed by atoms with E-state index >= 15 is 0 Å². The lowest BCUT2D eigenvalue weighted by Gasteiger charge is -2.14. The molecule has 3 N–H and O–H groups in total. The molecule has 3 rings (SSSR count). The Morgan fingerprint density at radius 3 is 2.09 bits per heavy atom. The highest BCUT2D eigenvalue weighted by Gasteiger charge is 2.15. The molecule has 0 bridgehead atoms. The predicted octanol–water partition coefficient (Wildman–Crippen LogP) is 5.02. The van der Waals surface area contributed by atoms with E-state index in [0.29, 0.717) is 10.5 Å². The van der Waals surface area contributed by atoms with E-state index in [2.05, 4.69) is 16.0 Å². The lowest BCUT2D eigenvalue weighted by atomic mass is 10.1. The molecule has 6 nitrogen and oxygen atoms in total. The Balaban J connectivity index is 1.56. The van der Waals surface area contributed by atoms with Gasteiger partial charge in [-0.05, 0) is 63.1 Å². The second kappa shape index (κ2) is 11.5. The fraction of sp³-hybridized carbons (Fsp3) is 0.222. The van der Waals surface area contributed by atoms with E-state index in [9.17, 15) is 14.4 Å². The molecule has 176 valence electrons. The molecule has 0 aliphatic heterocycles. The highest BCUT2D eigenvalue weighted by molar-refractivity contribution is 8.00. The van der Waals surface area contributed by atoms with Crippen molar-refractivity contribution >= 4 is 40.9 Å². The van der Waals surface area contributed by atoms with Gasteiger partial charge in [0.1, 0.15) is 0 Å². The summed E-state index contributed by atoms with van der Waals surface area (Å²) in [5.41, 5.74) is 6.11. The third kappa shape index (κ3) is 6.96. The van der Waals surface area contributed by atoms with E-state index < -0.39 is 0 Å². The van der Waals surface area contributed by atoms with Gasteiger partial charge in [0.05, 0.1) is 17.9 Å². The SMILES string of the molecule is Cc1ccc(NC(=O)CSc2ccccc2C(=O)NCC(=O)Nc2c(C)cc(C)cc2C)cc1. The molecule has 0 atom stereocenters. The Kier molecular flexibility index (Phi) is 8.49. The maximum atomic E-state index is 12.8. The van der Waals surface area contributed by atoms with Gasteiger partial charge in [-0.1, -0.05) is 47.5 Å². The van der Waals surface area contributed by atoms with Crippen LogP contribution in [0, 0.1) is 27.7 Å². The van der Waals surface area contributed by atoms with Crippen molar-refractivity contribution < 1.29 is 14.4 Å². The number of hydrogen-bond donors (Lipinski definition) is 3. The van der Waals surface area contributed by atoms with Crippen LogP contribution in [0.15, 0.2) is 65.6 Å². The minimum absolute atomic E-state index is 0.154. The molecule has 34 heavy (non-hydrogen) atoms. The molecule has 0 radical (unpaired) electrons. The van der Waals surface area contributed by atoms with Crippen LogP contribution in [-0.4, -0.2) is 30.0 Å². The Labute approximate surface area is 204 Å². The maximum absolute atomic E-state index is 12.8. The average molecular weight is 476 g/mol. The van der Waals surface area contributed by atoms with Crippen LogP contribution in [0.25, 0.3) is 0 Å². The summed E-state index contributed by atoms with van der Waals surface area (Å²) < 4.78 is 0. The molecule has 0 heterocycles. The third-order valence-electron chi connectivity index (χ3n) is 5.18. The van der Waals surface area contributed by atoms with Crippen molar-refractivity contribution in [3.63, 3.8) is 0 Å². The Hall–Kier alpha value is -3.58. The molecule has 0 spiro atoms. The minimum atomic E-state index is -0.366. The second-order valence-electron chi connectivity index (χ2n) is 8.20. The summed E-state index contributed by atoms with van der Waals surface area (Å²) in [6.45, 7) is 7.72. The van der Waals surface area contributed by atoms with E-state index in [1.54, 1.807) is 18.2 Å². The molecule has 7 heteroatoms. The quantitative estimate of drug-likeness (QED) is 0.399. The molecule has 0 saturated heterocycles. The number of benzene rings is 3. The summed E-state index contributed by atoms with van der Waals surface area (Å²) in [5.74, 6) is -0.669. The summed E-state index contributed by atoms with van der Waals surface area (Å²) in [6.07, 6.45) is 0. The van der Waals surface area contributed by atoms with Crippen molar-refractivity contribution in [1.29, 1.82) is 0 Å². The largest absolute Gasteiger partial charge is 0.343 e. The van der Waals surface area contributed by atoms with Crippen LogP contribution in [0.3, 0.4) is 0 Å².